The SMILES string of the molecule is CN(Cc1nc2ccccc2s1)C(=O)c1ccc(-n2ccnc2)nc1. The lowest BCUT2D eigenvalue weighted by Crippen LogP contribution is -2.26. The van der Waals surface area contributed by atoms with Gasteiger partial charge < -0.3 is 4.90 Å². The minimum Gasteiger partial charge on any atom is -0.335 e. The first-order chi connectivity index (χ1) is 12.2. The van der Waals surface area contributed by atoms with Crippen LogP contribution in [0.3, 0.4) is 0 Å². The van der Waals surface area contributed by atoms with Gasteiger partial charge in [0.2, 0.25) is 0 Å². The van der Waals surface area contributed by atoms with Crippen LogP contribution in [0.5, 0.6) is 0 Å². The monoisotopic (exact) mass is 349 g/mol. The number of aromatic nitrogens is 4. The van der Waals surface area contributed by atoms with Crippen LogP contribution in [-0.4, -0.2) is 37.4 Å². The highest BCUT2D eigenvalue weighted by Gasteiger charge is 2.15. The molecule has 7 heteroatoms. The van der Waals surface area contributed by atoms with E-state index in [-0.39, 0.29) is 5.91 Å². The van der Waals surface area contributed by atoms with Crippen molar-refractivity contribution >= 4 is 27.5 Å². The van der Waals surface area contributed by atoms with E-state index in [2.05, 4.69) is 15.0 Å². The zero-order valence-electron chi connectivity index (χ0n) is 13.5. The third-order valence-corrected chi connectivity index (χ3v) is 4.84. The summed E-state index contributed by atoms with van der Waals surface area (Å²) in [6.07, 6.45) is 6.76. The van der Waals surface area contributed by atoms with Crippen molar-refractivity contribution in [3.05, 3.63) is 71.9 Å². The number of rotatable bonds is 4. The van der Waals surface area contributed by atoms with Gasteiger partial charge in [0.15, 0.2) is 0 Å². The van der Waals surface area contributed by atoms with Crippen LogP contribution in [0.25, 0.3) is 16.0 Å². The summed E-state index contributed by atoms with van der Waals surface area (Å²) in [6, 6.07) is 11.6. The van der Waals surface area contributed by atoms with Crippen LogP contribution in [0, 0.1) is 0 Å². The van der Waals surface area contributed by atoms with Gasteiger partial charge >= 0.3 is 0 Å². The second-order valence-corrected chi connectivity index (χ2v) is 6.73. The number of hydrogen-bond acceptors (Lipinski definition) is 5. The smallest absolute Gasteiger partial charge is 0.255 e. The predicted octanol–water partition coefficient (Wildman–Crippen LogP) is 3.15. The van der Waals surface area contributed by atoms with E-state index in [9.17, 15) is 4.79 Å². The number of nitrogens with zero attached hydrogens (tertiary/aromatic N) is 5. The molecule has 0 saturated carbocycles. The lowest BCUT2D eigenvalue weighted by atomic mass is 10.2. The Balaban J connectivity index is 1.49. The van der Waals surface area contributed by atoms with Crippen LogP contribution >= 0.6 is 11.3 Å². The van der Waals surface area contributed by atoms with Crippen molar-refractivity contribution in [2.24, 2.45) is 0 Å². The molecule has 3 heterocycles. The topological polar surface area (TPSA) is 63.9 Å². The highest BCUT2D eigenvalue weighted by molar-refractivity contribution is 7.18. The predicted molar refractivity (Wildman–Crippen MR) is 96.8 cm³/mol. The number of hydrogen-bond donors (Lipinski definition) is 0. The Morgan fingerprint density at radius 1 is 1.24 bits per heavy atom. The summed E-state index contributed by atoms with van der Waals surface area (Å²) in [5.41, 5.74) is 1.52. The Hall–Kier alpha value is -3.06. The minimum atomic E-state index is -0.0797. The fourth-order valence-corrected chi connectivity index (χ4v) is 3.56. The molecule has 0 saturated heterocycles. The molecule has 0 atom stereocenters. The van der Waals surface area contributed by atoms with E-state index in [1.165, 1.54) is 0 Å². The van der Waals surface area contributed by atoms with E-state index >= 15 is 0 Å². The van der Waals surface area contributed by atoms with Crippen molar-refractivity contribution in [3.63, 3.8) is 0 Å². The van der Waals surface area contributed by atoms with Crippen LogP contribution in [0.4, 0.5) is 0 Å². The van der Waals surface area contributed by atoms with Crippen LogP contribution in [0.15, 0.2) is 61.3 Å². The Morgan fingerprint density at radius 2 is 2.12 bits per heavy atom. The normalized spacial score (nSPS) is 10.9. The van der Waals surface area contributed by atoms with Crippen molar-refractivity contribution in [3.8, 4) is 5.82 Å². The first kappa shape index (κ1) is 15.5. The molecule has 0 fully saturated rings. The number of benzene rings is 1. The maximum atomic E-state index is 12.6. The maximum absolute atomic E-state index is 12.6. The van der Waals surface area contributed by atoms with Gasteiger partial charge in [0, 0.05) is 25.6 Å². The molecule has 3 aromatic heterocycles. The highest BCUT2D eigenvalue weighted by atomic mass is 32.1. The van der Waals surface area contributed by atoms with Crippen LogP contribution < -0.4 is 0 Å². The molecular weight excluding hydrogens is 334 g/mol. The molecular formula is C18H15N5OS. The maximum Gasteiger partial charge on any atom is 0.255 e. The molecule has 4 aromatic rings. The van der Waals surface area contributed by atoms with E-state index in [4.69, 9.17) is 0 Å². The van der Waals surface area contributed by atoms with Gasteiger partial charge in [-0.15, -0.1) is 11.3 Å². The fourth-order valence-electron chi connectivity index (χ4n) is 2.54. The molecule has 0 bridgehead atoms. The summed E-state index contributed by atoms with van der Waals surface area (Å²) < 4.78 is 2.92. The van der Waals surface area contributed by atoms with Crippen molar-refractivity contribution in [2.45, 2.75) is 6.54 Å². The first-order valence-corrected chi connectivity index (χ1v) is 8.56. The molecule has 1 amide bonds. The summed E-state index contributed by atoms with van der Waals surface area (Å²) in [6.45, 7) is 0.474. The van der Waals surface area contributed by atoms with Gasteiger partial charge in [0.1, 0.15) is 17.2 Å². The van der Waals surface area contributed by atoms with Crippen LogP contribution in [0.1, 0.15) is 15.4 Å². The molecule has 1 aromatic carbocycles. The van der Waals surface area contributed by atoms with Crippen molar-refractivity contribution in [2.75, 3.05) is 7.05 Å². The van der Waals surface area contributed by atoms with Gasteiger partial charge in [-0.25, -0.2) is 15.0 Å². The largest absolute Gasteiger partial charge is 0.335 e. The van der Waals surface area contributed by atoms with Gasteiger partial charge in [-0.2, -0.15) is 0 Å². The Kier molecular flexibility index (Phi) is 3.99. The van der Waals surface area contributed by atoms with Crippen LogP contribution in [-0.2, 0) is 6.54 Å². The quantitative estimate of drug-likeness (QED) is 0.568. The van der Waals surface area contributed by atoms with Gasteiger partial charge in [0.25, 0.3) is 5.91 Å². The van der Waals surface area contributed by atoms with E-state index in [1.807, 2.05) is 30.5 Å². The van der Waals surface area contributed by atoms with E-state index in [0.29, 0.717) is 12.1 Å². The number of fused-ring (bicyclic) bond motifs is 1. The summed E-state index contributed by atoms with van der Waals surface area (Å²) >= 11 is 1.61. The second-order valence-electron chi connectivity index (χ2n) is 5.61. The molecule has 124 valence electrons. The average Bonchev–Trinajstić information content (AvgIpc) is 3.30. The third-order valence-electron chi connectivity index (χ3n) is 3.82. The number of carbonyl (C=O) groups excluding carboxylic acids is 1. The zero-order chi connectivity index (χ0) is 17.2. The average molecular weight is 349 g/mol. The molecule has 4 rings (SSSR count). The number of amides is 1. The molecule has 0 radical (unpaired) electrons. The van der Waals surface area contributed by atoms with Gasteiger partial charge in [-0.05, 0) is 24.3 Å². The van der Waals surface area contributed by atoms with Gasteiger partial charge in [-0.1, -0.05) is 12.1 Å². The van der Waals surface area contributed by atoms with Crippen molar-refractivity contribution < 1.29 is 4.79 Å². The molecule has 0 aliphatic carbocycles. The van der Waals surface area contributed by atoms with E-state index < -0.39 is 0 Å². The summed E-state index contributed by atoms with van der Waals surface area (Å²) in [7, 11) is 1.78. The second kappa shape index (κ2) is 6.45. The molecule has 0 spiro atoms. The molecule has 6 nitrogen and oxygen atoms in total. The summed E-state index contributed by atoms with van der Waals surface area (Å²) in [4.78, 5) is 27.2. The van der Waals surface area contributed by atoms with E-state index in [1.54, 1.807) is 58.7 Å². The summed E-state index contributed by atoms with van der Waals surface area (Å²) in [5, 5.41) is 0.917. The Labute approximate surface area is 148 Å². The Morgan fingerprint density at radius 3 is 2.84 bits per heavy atom. The van der Waals surface area contributed by atoms with Gasteiger partial charge in [0.05, 0.1) is 22.3 Å². The number of pyridine rings is 1. The van der Waals surface area contributed by atoms with E-state index in [0.717, 1.165) is 21.0 Å². The van der Waals surface area contributed by atoms with Crippen molar-refractivity contribution in [1.29, 1.82) is 0 Å². The van der Waals surface area contributed by atoms with Crippen LogP contribution in [0.2, 0.25) is 0 Å². The number of para-hydroxylation sites is 1. The molecule has 0 unspecified atom stereocenters. The van der Waals surface area contributed by atoms with Crippen molar-refractivity contribution in [1.82, 2.24) is 24.4 Å². The number of carbonyl (C=O) groups is 1. The number of thiazole rings is 1. The first-order valence-electron chi connectivity index (χ1n) is 7.75. The Bertz CT molecular complexity index is 975. The molecule has 25 heavy (non-hydrogen) atoms. The minimum absolute atomic E-state index is 0.0797. The molecule has 0 aliphatic heterocycles. The molecule has 0 N–H and O–H groups in total. The third kappa shape index (κ3) is 3.14. The standard InChI is InChI=1S/C18H15N5OS/c1-22(11-17-21-14-4-2-3-5-15(14)25-17)18(24)13-6-7-16(20-10-13)23-9-8-19-12-23/h2-10,12H,11H2,1H3. The lowest BCUT2D eigenvalue weighted by Gasteiger charge is -2.15. The molecule has 0 aliphatic rings. The van der Waals surface area contributed by atoms with Gasteiger partial charge in [-0.3, -0.25) is 9.36 Å². The summed E-state index contributed by atoms with van der Waals surface area (Å²) in [5.74, 6) is 0.645. The number of imidazole rings is 1. The lowest BCUT2D eigenvalue weighted by molar-refractivity contribution is 0.0784. The zero-order valence-corrected chi connectivity index (χ0v) is 14.3. The fraction of sp³-hybridized carbons (Fsp3) is 0.111. The highest BCUT2D eigenvalue weighted by Crippen LogP contribution is 2.22.